The molecule has 0 unspecified atom stereocenters. The van der Waals surface area contributed by atoms with E-state index < -0.39 is 0 Å². The molecule has 0 saturated carbocycles. The molecule has 2 nitrogen and oxygen atoms in total. The molecule has 3 heteroatoms. The van der Waals surface area contributed by atoms with Crippen LogP contribution in [0.4, 0.5) is 4.39 Å². The second kappa shape index (κ2) is 19.5. The largest absolute Gasteiger partial charge is 0.462 e. The highest BCUT2D eigenvalue weighted by atomic mass is 19.1. The second-order valence-electron chi connectivity index (χ2n) is 7.13. The Morgan fingerprint density at radius 1 is 0.760 bits per heavy atom. The molecule has 0 aliphatic rings. The van der Waals surface area contributed by atoms with Crippen molar-refractivity contribution >= 4 is 5.97 Å². The monoisotopic (exact) mass is 356 g/mol. The Balaban J connectivity index is 3.32. The van der Waals surface area contributed by atoms with E-state index in [1.54, 1.807) is 0 Å². The first-order valence-electron chi connectivity index (χ1n) is 10.6. The highest BCUT2D eigenvalue weighted by Gasteiger charge is 2.07. The summed E-state index contributed by atoms with van der Waals surface area (Å²) in [5.41, 5.74) is 0.581. The first kappa shape index (κ1) is 24.1. The van der Waals surface area contributed by atoms with E-state index in [1.807, 2.05) is 0 Å². The number of halogens is 1. The van der Waals surface area contributed by atoms with Gasteiger partial charge in [-0.15, -0.1) is 0 Å². The number of hydrogen-bond donors (Lipinski definition) is 0. The maximum atomic E-state index is 12.0. The van der Waals surface area contributed by atoms with Crippen LogP contribution in [-0.4, -0.2) is 19.3 Å². The van der Waals surface area contributed by atoms with Crippen LogP contribution in [0.2, 0.25) is 0 Å². The van der Waals surface area contributed by atoms with Gasteiger partial charge in [0.05, 0.1) is 13.3 Å². The van der Waals surface area contributed by atoms with E-state index in [9.17, 15) is 9.18 Å². The van der Waals surface area contributed by atoms with Crippen molar-refractivity contribution in [3.05, 3.63) is 12.2 Å². The van der Waals surface area contributed by atoms with Crippen molar-refractivity contribution in [3.8, 4) is 0 Å². The summed E-state index contributed by atoms with van der Waals surface area (Å²) in [6.07, 6.45) is 18.1. The van der Waals surface area contributed by atoms with Gasteiger partial charge in [-0.25, -0.2) is 4.79 Å². The smallest absolute Gasteiger partial charge is 0.333 e. The molecular weight excluding hydrogens is 315 g/mol. The Morgan fingerprint density at radius 2 is 1.24 bits per heavy atom. The molecule has 0 aliphatic carbocycles. The summed E-state index contributed by atoms with van der Waals surface area (Å²) in [6.45, 7) is 6.37. The zero-order valence-corrected chi connectivity index (χ0v) is 16.6. The van der Waals surface area contributed by atoms with Crippen LogP contribution >= 0.6 is 0 Å². The standard InChI is InChI=1S/C22H41FO2/c1-3-4-5-6-7-8-9-10-14-17-20-25-22(24)21(2)18-15-12-11-13-16-19-23/h2-20H2,1H3. The van der Waals surface area contributed by atoms with Crippen molar-refractivity contribution < 1.29 is 13.9 Å². The van der Waals surface area contributed by atoms with Crippen LogP contribution in [0.25, 0.3) is 0 Å². The zero-order chi connectivity index (χ0) is 18.6. The van der Waals surface area contributed by atoms with Gasteiger partial charge in [0.1, 0.15) is 0 Å². The van der Waals surface area contributed by atoms with Crippen LogP contribution in [0.3, 0.4) is 0 Å². The van der Waals surface area contributed by atoms with Crippen LogP contribution < -0.4 is 0 Å². The lowest BCUT2D eigenvalue weighted by Gasteiger charge is -2.07. The van der Waals surface area contributed by atoms with Gasteiger partial charge in [-0.05, 0) is 25.7 Å². The predicted octanol–water partition coefficient (Wildman–Crippen LogP) is 7.32. The van der Waals surface area contributed by atoms with Crippen LogP contribution in [-0.2, 0) is 9.53 Å². The van der Waals surface area contributed by atoms with Gasteiger partial charge >= 0.3 is 5.97 Å². The molecule has 0 fully saturated rings. The van der Waals surface area contributed by atoms with E-state index in [1.165, 1.54) is 51.4 Å². The van der Waals surface area contributed by atoms with E-state index in [0.29, 0.717) is 25.0 Å². The molecule has 0 N–H and O–H groups in total. The third kappa shape index (κ3) is 17.7. The molecule has 0 radical (unpaired) electrons. The van der Waals surface area contributed by atoms with Gasteiger partial charge < -0.3 is 4.74 Å². The third-order valence-corrected chi connectivity index (χ3v) is 4.63. The lowest BCUT2D eigenvalue weighted by atomic mass is 10.1. The number of rotatable bonds is 19. The summed E-state index contributed by atoms with van der Waals surface area (Å²) in [5.74, 6) is -0.236. The van der Waals surface area contributed by atoms with Gasteiger partial charge in [0.2, 0.25) is 0 Å². The van der Waals surface area contributed by atoms with Crippen LogP contribution in [0.1, 0.15) is 110 Å². The summed E-state index contributed by atoms with van der Waals surface area (Å²) in [7, 11) is 0. The van der Waals surface area contributed by atoms with Gasteiger partial charge in [0.15, 0.2) is 0 Å². The van der Waals surface area contributed by atoms with Gasteiger partial charge in [-0.2, -0.15) is 0 Å². The topological polar surface area (TPSA) is 26.3 Å². The van der Waals surface area contributed by atoms with Gasteiger partial charge in [-0.1, -0.05) is 90.6 Å². The molecular formula is C22H41FO2. The summed E-state index contributed by atoms with van der Waals surface area (Å²) >= 11 is 0. The Bertz CT molecular complexity index is 315. The minimum absolute atomic E-state index is 0.224. The highest BCUT2D eigenvalue weighted by molar-refractivity contribution is 5.87. The molecule has 0 spiro atoms. The minimum atomic E-state index is -0.236. The van der Waals surface area contributed by atoms with Crippen molar-refractivity contribution in [2.24, 2.45) is 0 Å². The Labute approximate surface area is 155 Å². The van der Waals surface area contributed by atoms with E-state index in [4.69, 9.17) is 4.74 Å². The average Bonchev–Trinajstić information content (AvgIpc) is 2.62. The summed E-state index contributed by atoms with van der Waals surface area (Å²) in [5, 5.41) is 0. The van der Waals surface area contributed by atoms with Crippen molar-refractivity contribution in [1.82, 2.24) is 0 Å². The zero-order valence-electron chi connectivity index (χ0n) is 16.6. The number of carbonyl (C=O) groups excluding carboxylic acids is 1. The fourth-order valence-corrected chi connectivity index (χ4v) is 2.92. The summed E-state index contributed by atoms with van der Waals surface area (Å²) < 4.78 is 17.2. The van der Waals surface area contributed by atoms with Crippen molar-refractivity contribution in [3.63, 3.8) is 0 Å². The van der Waals surface area contributed by atoms with Crippen molar-refractivity contribution in [1.29, 1.82) is 0 Å². The number of esters is 1. The molecule has 0 atom stereocenters. The number of unbranched alkanes of at least 4 members (excludes halogenated alkanes) is 13. The summed E-state index contributed by atoms with van der Waals surface area (Å²) in [4.78, 5) is 11.8. The molecule has 0 aromatic carbocycles. The molecule has 25 heavy (non-hydrogen) atoms. The Kier molecular flexibility index (Phi) is 18.8. The first-order chi connectivity index (χ1) is 12.2. The quantitative estimate of drug-likeness (QED) is 0.138. The molecule has 0 aliphatic heterocycles. The van der Waals surface area contributed by atoms with E-state index in [0.717, 1.165) is 38.5 Å². The van der Waals surface area contributed by atoms with Crippen molar-refractivity contribution in [2.45, 2.75) is 110 Å². The molecule has 0 bridgehead atoms. The predicted molar refractivity (Wildman–Crippen MR) is 106 cm³/mol. The SMILES string of the molecule is C=C(CCCCCCCF)C(=O)OCCCCCCCCCCCC. The molecule has 0 rings (SSSR count). The molecule has 0 heterocycles. The van der Waals surface area contributed by atoms with E-state index >= 15 is 0 Å². The second-order valence-corrected chi connectivity index (χ2v) is 7.13. The molecule has 0 amide bonds. The number of hydrogen-bond acceptors (Lipinski definition) is 2. The fourth-order valence-electron chi connectivity index (χ4n) is 2.92. The van der Waals surface area contributed by atoms with Crippen molar-refractivity contribution in [2.75, 3.05) is 13.3 Å². The van der Waals surface area contributed by atoms with Gasteiger partial charge in [-0.3, -0.25) is 4.39 Å². The Morgan fingerprint density at radius 3 is 1.80 bits per heavy atom. The third-order valence-electron chi connectivity index (χ3n) is 4.63. The maximum Gasteiger partial charge on any atom is 0.333 e. The maximum absolute atomic E-state index is 12.0. The van der Waals surface area contributed by atoms with Gasteiger partial charge in [0.25, 0.3) is 0 Å². The number of ether oxygens (including phenoxy) is 1. The minimum Gasteiger partial charge on any atom is -0.462 e. The lowest BCUT2D eigenvalue weighted by molar-refractivity contribution is -0.139. The normalized spacial score (nSPS) is 10.8. The van der Waals surface area contributed by atoms with Crippen LogP contribution in [0.5, 0.6) is 0 Å². The molecule has 0 aromatic heterocycles. The molecule has 0 saturated heterocycles. The van der Waals surface area contributed by atoms with Gasteiger partial charge in [0, 0.05) is 5.57 Å². The average molecular weight is 357 g/mol. The van der Waals surface area contributed by atoms with Crippen LogP contribution in [0.15, 0.2) is 12.2 Å². The number of alkyl halides is 1. The van der Waals surface area contributed by atoms with E-state index in [-0.39, 0.29) is 12.6 Å². The first-order valence-corrected chi connectivity index (χ1v) is 10.6. The highest BCUT2D eigenvalue weighted by Crippen LogP contribution is 2.13. The van der Waals surface area contributed by atoms with Crippen LogP contribution in [0, 0.1) is 0 Å². The molecule has 0 aromatic rings. The fraction of sp³-hybridized carbons (Fsp3) is 0.864. The molecule has 148 valence electrons. The lowest BCUT2D eigenvalue weighted by Crippen LogP contribution is -2.08. The number of carbonyl (C=O) groups is 1. The van der Waals surface area contributed by atoms with E-state index in [2.05, 4.69) is 13.5 Å². The Hall–Kier alpha value is -0.860. The summed E-state index contributed by atoms with van der Waals surface area (Å²) in [6, 6.07) is 0.